The van der Waals surface area contributed by atoms with E-state index in [0.717, 1.165) is 83.5 Å². The quantitative estimate of drug-likeness (QED) is 0.0269. The summed E-state index contributed by atoms with van der Waals surface area (Å²) in [6.07, 6.45) is 39.5. The molecule has 1 unspecified atom stereocenters. The normalized spacial score (nSPS) is 14.2. The predicted octanol–water partition coefficient (Wildman–Crippen LogP) is 12.0. The Balaban J connectivity index is 2.33. The average molecular weight is 777 g/mol. The number of unbranched alkanes of at least 4 members (excludes halogenated alkanes) is 18. The lowest BCUT2D eigenvalue weighted by Crippen LogP contribution is -2.59. The number of carbonyl (C=O) groups excluding carboxylic acids is 3. The highest BCUT2D eigenvalue weighted by atomic mass is 19.1. The summed E-state index contributed by atoms with van der Waals surface area (Å²) < 4.78 is 29.2. The van der Waals surface area contributed by atoms with E-state index in [0.29, 0.717) is 32.5 Å². The maximum atomic E-state index is 12.8. The fraction of sp³-hybridized carbons (Fsp3) is 0.804. The zero-order valence-corrected chi connectivity index (χ0v) is 35.5. The Hall–Kier alpha value is -2.68. The molecular formula is C46H81FN2O6. The first-order chi connectivity index (χ1) is 26.9. The minimum absolute atomic E-state index is 0.00827. The Bertz CT molecular complexity index is 1030. The summed E-state index contributed by atoms with van der Waals surface area (Å²) in [6.45, 7) is 5.80. The van der Waals surface area contributed by atoms with Gasteiger partial charge in [-0.2, -0.15) is 0 Å². The van der Waals surface area contributed by atoms with Gasteiger partial charge in [-0.15, -0.1) is 0 Å². The van der Waals surface area contributed by atoms with Crippen LogP contribution < -0.4 is 0 Å². The Morgan fingerprint density at radius 2 is 1.09 bits per heavy atom. The SMILES string of the molecule is CCCC/C=C\C/C=C\CCCCCCCC(=O)OCC(COC(=O)N(C)C1CN(CCCF)C1)OC(=O)CCCCCCC/C=C\CCCCCCCC. The highest BCUT2D eigenvalue weighted by Crippen LogP contribution is 2.16. The van der Waals surface area contributed by atoms with Gasteiger partial charge >= 0.3 is 18.0 Å². The molecule has 1 heterocycles. The van der Waals surface area contributed by atoms with Crippen LogP contribution in [0.1, 0.15) is 181 Å². The van der Waals surface area contributed by atoms with Crippen molar-refractivity contribution in [3.8, 4) is 0 Å². The number of alkyl halides is 1. The molecule has 0 spiro atoms. The lowest BCUT2D eigenvalue weighted by molar-refractivity contribution is -0.161. The van der Waals surface area contributed by atoms with Gasteiger partial charge in [0.2, 0.25) is 0 Å². The fourth-order valence-electron chi connectivity index (χ4n) is 6.52. The fourth-order valence-corrected chi connectivity index (χ4v) is 6.52. The van der Waals surface area contributed by atoms with Crippen LogP contribution in [0.5, 0.6) is 0 Å². The van der Waals surface area contributed by atoms with E-state index in [4.69, 9.17) is 14.2 Å². The highest BCUT2D eigenvalue weighted by molar-refractivity contribution is 5.70. The molecule has 0 radical (unpaired) electrons. The van der Waals surface area contributed by atoms with Gasteiger partial charge in [-0.25, -0.2) is 4.79 Å². The molecule has 55 heavy (non-hydrogen) atoms. The number of hydrogen-bond donors (Lipinski definition) is 0. The van der Waals surface area contributed by atoms with Gasteiger partial charge in [0.15, 0.2) is 6.10 Å². The number of allylic oxidation sites excluding steroid dienone is 6. The van der Waals surface area contributed by atoms with E-state index in [1.165, 1.54) is 69.1 Å². The summed E-state index contributed by atoms with van der Waals surface area (Å²) in [5.41, 5.74) is 0. The van der Waals surface area contributed by atoms with E-state index in [1.807, 2.05) is 0 Å². The van der Waals surface area contributed by atoms with Crippen LogP contribution in [0.2, 0.25) is 0 Å². The van der Waals surface area contributed by atoms with Crippen molar-refractivity contribution in [2.75, 3.05) is 46.6 Å². The van der Waals surface area contributed by atoms with Crippen LogP contribution in [0.3, 0.4) is 0 Å². The zero-order valence-electron chi connectivity index (χ0n) is 35.5. The van der Waals surface area contributed by atoms with Crippen molar-refractivity contribution in [1.29, 1.82) is 0 Å². The molecule has 1 saturated heterocycles. The zero-order chi connectivity index (χ0) is 40.0. The Morgan fingerprint density at radius 1 is 0.618 bits per heavy atom. The molecule has 0 aromatic rings. The third-order valence-corrected chi connectivity index (χ3v) is 10.2. The maximum Gasteiger partial charge on any atom is 0.409 e. The molecule has 0 aliphatic carbocycles. The molecule has 0 N–H and O–H groups in total. The molecule has 1 rings (SSSR count). The first-order valence-corrected chi connectivity index (χ1v) is 22.4. The van der Waals surface area contributed by atoms with Crippen molar-refractivity contribution in [2.45, 2.75) is 193 Å². The van der Waals surface area contributed by atoms with Gasteiger partial charge in [0, 0.05) is 39.5 Å². The Kier molecular flexibility index (Phi) is 33.8. The number of hydrogen-bond acceptors (Lipinski definition) is 7. The van der Waals surface area contributed by atoms with E-state index in [9.17, 15) is 18.8 Å². The number of amides is 1. The lowest BCUT2D eigenvalue weighted by Gasteiger charge is -2.43. The molecule has 9 heteroatoms. The largest absolute Gasteiger partial charge is 0.462 e. The van der Waals surface area contributed by atoms with Crippen LogP contribution in [0.15, 0.2) is 36.5 Å². The van der Waals surface area contributed by atoms with E-state index in [1.54, 1.807) is 7.05 Å². The summed E-state index contributed by atoms with van der Waals surface area (Å²) in [7, 11) is 1.68. The van der Waals surface area contributed by atoms with Crippen LogP contribution in [-0.2, 0) is 23.8 Å². The van der Waals surface area contributed by atoms with E-state index in [-0.39, 0.29) is 44.3 Å². The molecule has 1 atom stereocenters. The van der Waals surface area contributed by atoms with Crippen LogP contribution in [0.4, 0.5) is 9.18 Å². The molecule has 1 aliphatic heterocycles. The molecule has 1 fully saturated rings. The Labute approximate surface area is 336 Å². The van der Waals surface area contributed by atoms with Gasteiger partial charge in [0.05, 0.1) is 12.7 Å². The number of ether oxygens (including phenoxy) is 3. The maximum absolute atomic E-state index is 12.8. The number of likely N-dealkylation sites (N-methyl/N-ethyl adjacent to an activating group) is 1. The first-order valence-electron chi connectivity index (χ1n) is 22.4. The summed E-state index contributed by atoms with van der Waals surface area (Å²) in [5.74, 6) is -0.705. The number of carbonyl (C=O) groups is 3. The van der Waals surface area contributed by atoms with Crippen LogP contribution in [0.25, 0.3) is 0 Å². The minimum Gasteiger partial charge on any atom is -0.462 e. The lowest BCUT2D eigenvalue weighted by atomic mass is 10.1. The molecular weight excluding hydrogens is 696 g/mol. The van der Waals surface area contributed by atoms with Gasteiger partial charge in [-0.05, 0) is 70.6 Å². The molecule has 318 valence electrons. The molecule has 8 nitrogen and oxygen atoms in total. The van der Waals surface area contributed by atoms with Crippen molar-refractivity contribution in [2.24, 2.45) is 0 Å². The topological polar surface area (TPSA) is 85.4 Å². The number of halogens is 1. The van der Waals surface area contributed by atoms with Crippen molar-refractivity contribution in [1.82, 2.24) is 9.80 Å². The second-order valence-corrected chi connectivity index (χ2v) is 15.4. The molecule has 1 aliphatic rings. The standard InChI is InChI=1S/C46H81FN2O6/c1-4-6-8-10-12-14-16-18-20-22-24-26-28-30-32-35-45(51)55-43(41-54-46(52)48(3)42-38-49(39-42)37-33-36-47)40-53-44(50)34-31-29-27-25-23-21-19-17-15-13-11-9-7-5-2/h11,13,17-20,42-43H,4-10,12,14-16,21-41H2,1-3H3/b13-11-,19-17-,20-18-. The second kappa shape index (κ2) is 36.9. The van der Waals surface area contributed by atoms with Crippen molar-refractivity contribution in [3.05, 3.63) is 36.5 Å². The molecule has 1 amide bonds. The summed E-state index contributed by atoms with van der Waals surface area (Å²) in [5, 5.41) is 0. The van der Waals surface area contributed by atoms with Crippen molar-refractivity contribution < 1.29 is 33.0 Å². The van der Waals surface area contributed by atoms with Gasteiger partial charge in [0.1, 0.15) is 13.2 Å². The minimum atomic E-state index is -0.862. The molecule has 0 aromatic carbocycles. The molecule has 0 aromatic heterocycles. The third-order valence-electron chi connectivity index (χ3n) is 10.2. The number of nitrogens with zero attached hydrogens (tertiary/aromatic N) is 2. The Morgan fingerprint density at radius 3 is 1.65 bits per heavy atom. The number of likely N-dealkylation sites (tertiary alicyclic amines) is 1. The molecule has 0 saturated carbocycles. The predicted molar refractivity (Wildman–Crippen MR) is 225 cm³/mol. The van der Waals surface area contributed by atoms with Crippen LogP contribution in [0, 0.1) is 0 Å². The van der Waals surface area contributed by atoms with Gasteiger partial charge in [-0.1, -0.05) is 134 Å². The summed E-state index contributed by atoms with van der Waals surface area (Å²) in [4.78, 5) is 41.7. The monoisotopic (exact) mass is 777 g/mol. The van der Waals surface area contributed by atoms with Gasteiger partial charge in [-0.3, -0.25) is 18.9 Å². The number of rotatable bonds is 37. The highest BCUT2D eigenvalue weighted by Gasteiger charge is 2.33. The third kappa shape index (κ3) is 30.2. The van der Waals surface area contributed by atoms with E-state index in [2.05, 4.69) is 55.2 Å². The number of esters is 2. The van der Waals surface area contributed by atoms with Crippen molar-refractivity contribution >= 4 is 18.0 Å². The van der Waals surface area contributed by atoms with Gasteiger partial charge < -0.3 is 19.1 Å². The van der Waals surface area contributed by atoms with Crippen LogP contribution >= 0.6 is 0 Å². The van der Waals surface area contributed by atoms with E-state index >= 15 is 0 Å². The average Bonchev–Trinajstić information content (AvgIpc) is 3.16. The summed E-state index contributed by atoms with van der Waals surface area (Å²) in [6, 6.07) is -0.00827. The smallest absolute Gasteiger partial charge is 0.409 e. The van der Waals surface area contributed by atoms with E-state index < -0.39 is 12.2 Å². The summed E-state index contributed by atoms with van der Waals surface area (Å²) >= 11 is 0. The van der Waals surface area contributed by atoms with Crippen LogP contribution in [-0.4, -0.2) is 86.5 Å². The van der Waals surface area contributed by atoms with Crippen molar-refractivity contribution in [3.63, 3.8) is 0 Å². The second-order valence-electron chi connectivity index (χ2n) is 15.4. The van der Waals surface area contributed by atoms with Gasteiger partial charge in [0.25, 0.3) is 0 Å². The molecule has 0 bridgehead atoms. The first kappa shape index (κ1) is 50.3.